The highest BCUT2D eigenvalue weighted by molar-refractivity contribution is 7.94. The fourth-order valence-electron chi connectivity index (χ4n) is 2.09. The Morgan fingerprint density at radius 1 is 1.17 bits per heavy atom. The molecule has 0 amide bonds. The summed E-state index contributed by atoms with van der Waals surface area (Å²) in [6, 6.07) is 12.4. The number of aromatic nitrogens is 1. The van der Waals surface area contributed by atoms with Gasteiger partial charge in [0.15, 0.2) is 5.76 Å². The molecule has 3 aromatic rings. The van der Waals surface area contributed by atoms with E-state index in [1.54, 1.807) is 30.3 Å². The Bertz CT molecular complexity index is 909. The average Bonchev–Trinajstić information content (AvgIpc) is 3.16. The average molecular weight is 348 g/mol. The molecule has 0 aliphatic rings. The second kappa shape index (κ2) is 6.17. The van der Waals surface area contributed by atoms with Crippen molar-refractivity contribution in [2.45, 2.75) is 24.5 Å². The smallest absolute Gasteiger partial charge is 0.271 e. The zero-order valence-corrected chi connectivity index (χ0v) is 14.4. The van der Waals surface area contributed by atoms with Crippen LogP contribution < -0.4 is 4.72 Å². The molecule has 0 unspecified atom stereocenters. The predicted octanol–water partition coefficient (Wildman–Crippen LogP) is 4.07. The highest BCUT2D eigenvalue weighted by Gasteiger charge is 2.18. The van der Waals surface area contributed by atoms with Gasteiger partial charge in [0.05, 0.1) is 10.6 Å². The van der Waals surface area contributed by atoms with E-state index in [9.17, 15) is 8.42 Å². The van der Waals surface area contributed by atoms with Gasteiger partial charge in [-0.25, -0.2) is 8.42 Å². The first-order valence-electron chi connectivity index (χ1n) is 7.13. The summed E-state index contributed by atoms with van der Waals surface area (Å²) in [5, 5.41) is 3.82. The third kappa shape index (κ3) is 3.46. The van der Waals surface area contributed by atoms with E-state index in [0.29, 0.717) is 11.4 Å². The molecule has 0 bridgehead atoms. The number of nitrogens with zero attached hydrogens (tertiary/aromatic N) is 1. The third-order valence-electron chi connectivity index (χ3n) is 3.33. The Kier molecular flexibility index (Phi) is 4.23. The van der Waals surface area contributed by atoms with Crippen molar-refractivity contribution < 1.29 is 12.9 Å². The van der Waals surface area contributed by atoms with Crippen molar-refractivity contribution in [3.05, 3.63) is 53.7 Å². The van der Waals surface area contributed by atoms with Gasteiger partial charge in [-0.1, -0.05) is 24.2 Å². The standard InChI is InChI=1S/C16H16N2O3S2/c1-3-12-4-6-13(7-5-12)18-23(19,20)16-9-8-15(22-16)14-10-11(2)17-21-14/h4-10,18H,3H2,1-2H3. The van der Waals surface area contributed by atoms with Crippen LogP contribution >= 0.6 is 11.3 Å². The Morgan fingerprint density at radius 2 is 1.91 bits per heavy atom. The molecule has 0 atom stereocenters. The van der Waals surface area contributed by atoms with Gasteiger partial charge in [0, 0.05) is 11.8 Å². The topological polar surface area (TPSA) is 72.2 Å². The summed E-state index contributed by atoms with van der Waals surface area (Å²) in [7, 11) is -3.61. The molecule has 2 aromatic heterocycles. The molecule has 0 aliphatic heterocycles. The number of hydrogen-bond acceptors (Lipinski definition) is 5. The molecule has 23 heavy (non-hydrogen) atoms. The lowest BCUT2D eigenvalue weighted by Crippen LogP contribution is -2.11. The Morgan fingerprint density at radius 3 is 2.52 bits per heavy atom. The van der Waals surface area contributed by atoms with Crippen molar-refractivity contribution in [2.24, 2.45) is 0 Å². The molecule has 1 aromatic carbocycles. The lowest BCUT2D eigenvalue weighted by molar-refractivity contribution is 0.428. The lowest BCUT2D eigenvalue weighted by atomic mass is 10.2. The molecule has 0 saturated heterocycles. The number of anilines is 1. The molecule has 3 rings (SSSR count). The minimum atomic E-state index is -3.61. The first-order chi connectivity index (χ1) is 11.0. The fraction of sp³-hybridized carbons (Fsp3) is 0.188. The van der Waals surface area contributed by atoms with E-state index in [4.69, 9.17) is 4.52 Å². The van der Waals surface area contributed by atoms with Crippen molar-refractivity contribution in [2.75, 3.05) is 4.72 Å². The van der Waals surface area contributed by atoms with Crippen LogP contribution in [0.2, 0.25) is 0 Å². The zero-order valence-electron chi connectivity index (χ0n) is 12.7. The summed E-state index contributed by atoms with van der Waals surface area (Å²) in [6.45, 7) is 3.87. The first-order valence-corrected chi connectivity index (χ1v) is 9.43. The molecule has 7 heteroatoms. The van der Waals surface area contributed by atoms with Gasteiger partial charge in [-0.15, -0.1) is 11.3 Å². The molecule has 0 fully saturated rings. The van der Waals surface area contributed by atoms with Gasteiger partial charge in [-0.2, -0.15) is 0 Å². The van der Waals surface area contributed by atoms with Crippen LogP contribution in [0.15, 0.2) is 51.2 Å². The molecule has 0 radical (unpaired) electrons. The van der Waals surface area contributed by atoms with Crippen LogP contribution in [-0.2, 0) is 16.4 Å². The molecule has 120 valence electrons. The molecule has 2 heterocycles. The maximum Gasteiger partial charge on any atom is 0.271 e. The summed E-state index contributed by atoms with van der Waals surface area (Å²) in [5.41, 5.74) is 2.46. The highest BCUT2D eigenvalue weighted by atomic mass is 32.2. The zero-order chi connectivity index (χ0) is 16.4. The van der Waals surface area contributed by atoms with Crippen LogP contribution in [0, 0.1) is 6.92 Å². The normalized spacial score (nSPS) is 11.6. The Hall–Kier alpha value is -2.12. The number of aryl methyl sites for hydroxylation is 2. The van der Waals surface area contributed by atoms with Gasteiger partial charge >= 0.3 is 0 Å². The molecule has 1 N–H and O–H groups in total. The summed E-state index contributed by atoms with van der Waals surface area (Å²) >= 11 is 1.15. The Labute approximate surface area is 139 Å². The maximum atomic E-state index is 12.5. The summed E-state index contributed by atoms with van der Waals surface area (Å²) < 4.78 is 32.9. The quantitative estimate of drug-likeness (QED) is 0.754. The van der Waals surface area contributed by atoms with Gasteiger partial charge in [0.2, 0.25) is 0 Å². The van der Waals surface area contributed by atoms with Crippen LogP contribution in [0.3, 0.4) is 0 Å². The first kappa shape index (κ1) is 15.8. The molecular formula is C16H16N2O3S2. The van der Waals surface area contributed by atoms with Crippen LogP contribution in [0.25, 0.3) is 10.6 Å². The van der Waals surface area contributed by atoms with Crippen LogP contribution in [0.4, 0.5) is 5.69 Å². The third-order valence-corrected chi connectivity index (χ3v) is 6.30. The minimum absolute atomic E-state index is 0.237. The summed E-state index contributed by atoms with van der Waals surface area (Å²) in [6.07, 6.45) is 0.915. The van der Waals surface area contributed by atoms with Crippen molar-refractivity contribution in [1.29, 1.82) is 0 Å². The molecular weight excluding hydrogens is 332 g/mol. The SMILES string of the molecule is CCc1ccc(NS(=O)(=O)c2ccc(-c3cc(C)no3)s2)cc1. The van der Waals surface area contributed by atoms with Crippen molar-refractivity contribution in [3.8, 4) is 10.6 Å². The lowest BCUT2D eigenvalue weighted by Gasteiger charge is -2.06. The van der Waals surface area contributed by atoms with E-state index in [-0.39, 0.29) is 4.21 Å². The van der Waals surface area contributed by atoms with E-state index < -0.39 is 10.0 Å². The van der Waals surface area contributed by atoms with E-state index >= 15 is 0 Å². The Balaban J connectivity index is 1.83. The van der Waals surface area contributed by atoms with Gasteiger partial charge in [0.25, 0.3) is 10.0 Å². The van der Waals surface area contributed by atoms with Gasteiger partial charge in [0.1, 0.15) is 4.21 Å². The van der Waals surface area contributed by atoms with Crippen LogP contribution in [0.5, 0.6) is 0 Å². The number of thiophene rings is 1. The van der Waals surface area contributed by atoms with E-state index in [0.717, 1.165) is 33.9 Å². The monoisotopic (exact) mass is 348 g/mol. The van der Waals surface area contributed by atoms with E-state index in [2.05, 4.69) is 16.8 Å². The van der Waals surface area contributed by atoms with Crippen molar-refractivity contribution in [3.63, 3.8) is 0 Å². The van der Waals surface area contributed by atoms with Crippen LogP contribution in [-0.4, -0.2) is 13.6 Å². The number of sulfonamides is 1. The molecule has 5 nitrogen and oxygen atoms in total. The van der Waals surface area contributed by atoms with E-state index in [1.165, 1.54) is 0 Å². The molecule has 0 spiro atoms. The highest BCUT2D eigenvalue weighted by Crippen LogP contribution is 2.32. The van der Waals surface area contributed by atoms with Gasteiger partial charge < -0.3 is 4.52 Å². The minimum Gasteiger partial charge on any atom is -0.355 e. The number of nitrogens with one attached hydrogen (secondary N) is 1. The van der Waals surface area contributed by atoms with Crippen molar-refractivity contribution >= 4 is 27.0 Å². The number of hydrogen-bond donors (Lipinski definition) is 1. The summed E-state index contributed by atoms with van der Waals surface area (Å²) in [4.78, 5) is 0.729. The number of benzene rings is 1. The maximum absolute atomic E-state index is 12.5. The van der Waals surface area contributed by atoms with Crippen molar-refractivity contribution in [1.82, 2.24) is 5.16 Å². The summed E-state index contributed by atoms with van der Waals surface area (Å²) in [5.74, 6) is 0.571. The fourth-order valence-corrected chi connectivity index (χ4v) is 4.40. The molecule has 0 saturated carbocycles. The van der Waals surface area contributed by atoms with Gasteiger partial charge in [-0.05, 0) is 43.2 Å². The predicted molar refractivity (Wildman–Crippen MR) is 91.2 cm³/mol. The van der Waals surface area contributed by atoms with Crippen LogP contribution in [0.1, 0.15) is 18.2 Å². The second-order valence-electron chi connectivity index (χ2n) is 5.11. The second-order valence-corrected chi connectivity index (χ2v) is 8.10. The number of rotatable bonds is 5. The molecule has 0 aliphatic carbocycles. The van der Waals surface area contributed by atoms with E-state index in [1.807, 2.05) is 19.1 Å². The largest absolute Gasteiger partial charge is 0.355 e. The van der Waals surface area contributed by atoms with Gasteiger partial charge in [-0.3, -0.25) is 4.72 Å².